The van der Waals surface area contributed by atoms with Crippen LogP contribution in [-0.2, 0) is 11.3 Å². The second-order valence-electron chi connectivity index (χ2n) is 6.46. The first-order chi connectivity index (χ1) is 10.1. The van der Waals surface area contributed by atoms with Crippen molar-refractivity contribution in [1.29, 1.82) is 0 Å². The van der Waals surface area contributed by atoms with Crippen molar-refractivity contribution >= 4 is 41.3 Å². The third kappa shape index (κ3) is 3.43. The number of fused-ring (bicyclic) bond motifs is 1. The highest BCUT2D eigenvalue weighted by Gasteiger charge is 2.59. The number of nitrogens with zero attached hydrogens (tertiary/aromatic N) is 1. The Bertz CT molecular complexity index is 503. The van der Waals surface area contributed by atoms with E-state index in [-0.39, 0.29) is 29.4 Å². The monoisotopic (exact) mass is 435 g/mol. The number of rotatable bonds is 4. The van der Waals surface area contributed by atoms with Crippen LogP contribution in [0.4, 0.5) is 0 Å². The molecule has 0 radical (unpaired) electrons. The van der Waals surface area contributed by atoms with Crippen LogP contribution in [0.1, 0.15) is 32.1 Å². The van der Waals surface area contributed by atoms with Gasteiger partial charge in [-0.25, -0.2) is 4.99 Å². The summed E-state index contributed by atoms with van der Waals surface area (Å²) in [6, 6.07) is 4.66. The molecule has 0 spiro atoms. The first-order valence-corrected chi connectivity index (χ1v) is 8.69. The molecule has 2 heterocycles. The summed E-state index contributed by atoms with van der Waals surface area (Å²) in [4.78, 5) is 6.02. The summed E-state index contributed by atoms with van der Waals surface area (Å²) in [5.74, 6) is 1.56. The molecule has 1 aromatic rings. The van der Waals surface area contributed by atoms with E-state index in [0.29, 0.717) is 18.1 Å². The topological polar surface area (TPSA) is 45.7 Å². The SMILES string of the molecule is CCNC(=NCc1cccs1)NC1C2CCOC2C1(C)C.I. The second kappa shape index (κ2) is 7.49. The molecule has 1 aliphatic heterocycles. The molecular weight excluding hydrogens is 409 g/mol. The molecule has 0 aromatic carbocycles. The van der Waals surface area contributed by atoms with Crippen molar-refractivity contribution < 1.29 is 4.74 Å². The van der Waals surface area contributed by atoms with Crippen LogP contribution in [0.2, 0.25) is 0 Å². The van der Waals surface area contributed by atoms with Crippen LogP contribution in [0.3, 0.4) is 0 Å². The maximum atomic E-state index is 5.86. The van der Waals surface area contributed by atoms with Gasteiger partial charge in [-0.1, -0.05) is 19.9 Å². The van der Waals surface area contributed by atoms with E-state index in [1.54, 1.807) is 11.3 Å². The van der Waals surface area contributed by atoms with Crippen LogP contribution in [-0.4, -0.2) is 31.3 Å². The lowest BCUT2D eigenvalue weighted by Gasteiger charge is -2.54. The number of hydrogen-bond acceptors (Lipinski definition) is 3. The Morgan fingerprint density at radius 3 is 3.00 bits per heavy atom. The van der Waals surface area contributed by atoms with Crippen molar-refractivity contribution in [3.8, 4) is 0 Å². The predicted molar refractivity (Wildman–Crippen MR) is 103 cm³/mol. The van der Waals surface area contributed by atoms with Crippen molar-refractivity contribution in [2.45, 2.75) is 45.9 Å². The van der Waals surface area contributed by atoms with Crippen LogP contribution in [0.5, 0.6) is 0 Å². The zero-order valence-electron chi connectivity index (χ0n) is 13.5. The van der Waals surface area contributed by atoms with E-state index in [1.807, 2.05) is 0 Å². The first-order valence-electron chi connectivity index (χ1n) is 7.81. The van der Waals surface area contributed by atoms with Crippen LogP contribution in [0.25, 0.3) is 0 Å². The summed E-state index contributed by atoms with van der Waals surface area (Å²) in [6.07, 6.45) is 1.57. The zero-order chi connectivity index (χ0) is 14.9. The number of halogens is 1. The summed E-state index contributed by atoms with van der Waals surface area (Å²) in [7, 11) is 0. The molecule has 4 nitrogen and oxygen atoms in total. The van der Waals surface area contributed by atoms with E-state index in [2.05, 4.69) is 48.9 Å². The number of ether oxygens (including phenoxy) is 1. The summed E-state index contributed by atoms with van der Waals surface area (Å²) in [6.45, 7) is 9.22. The lowest BCUT2D eigenvalue weighted by Crippen LogP contribution is -2.67. The molecule has 3 unspecified atom stereocenters. The maximum absolute atomic E-state index is 5.86. The molecule has 1 aromatic heterocycles. The fourth-order valence-corrected chi connectivity index (χ4v) is 4.27. The summed E-state index contributed by atoms with van der Waals surface area (Å²) in [5.41, 5.74) is 0.181. The lowest BCUT2D eigenvalue weighted by atomic mass is 9.57. The highest BCUT2D eigenvalue weighted by atomic mass is 127. The highest BCUT2D eigenvalue weighted by molar-refractivity contribution is 14.0. The Balaban J connectivity index is 0.00000176. The number of aliphatic imine (C=N–C) groups is 1. The molecule has 0 bridgehead atoms. The average molecular weight is 435 g/mol. The molecular formula is C16H26IN3OS. The van der Waals surface area contributed by atoms with Crippen molar-refractivity contribution in [2.24, 2.45) is 16.3 Å². The Morgan fingerprint density at radius 2 is 2.32 bits per heavy atom. The molecule has 1 saturated heterocycles. The molecule has 2 fully saturated rings. The summed E-state index contributed by atoms with van der Waals surface area (Å²) < 4.78 is 5.86. The fourth-order valence-electron chi connectivity index (χ4n) is 3.64. The Labute approximate surface area is 154 Å². The molecule has 2 aliphatic rings. The second-order valence-corrected chi connectivity index (χ2v) is 7.49. The van der Waals surface area contributed by atoms with Crippen LogP contribution >= 0.6 is 35.3 Å². The first kappa shape index (κ1) is 18.0. The van der Waals surface area contributed by atoms with Gasteiger partial charge in [-0.15, -0.1) is 35.3 Å². The van der Waals surface area contributed by atoms with Gasteiger partial charge in [-0.05, 0) is 24.8 Å². The minimum atomic E-state index is 0. The van der Waals surface area contributed by atoms with Gasteiger partial charge in [-0.3, -0.25) is 0 Å². The number of nitrogens with one attached hydrogen (secondary N) is 2. The van der Waals surface area contributed by atoms with Crippen molar-refractivity contribution in [1.82, 2.24) is 10.6 Å². The van der Waals surface area contributed by atoms with Gasteiger partial charge < -0.3 is 15.4 Å². The number of thiophene rings is 1. The molecule has 3 rings (SSSR count). The van der Waals surface area contributed by atoms with Gasteiger partial charge in [0.2, 0.25) is 0 Å². The molecule has 1 saturated carbocycles. The lowest BCUT2D eigenvalue weighted by molar-refractivity contribution is -0.106. The van der Waals surface area contributed by atoms with Crippen molar-refractivity contribution in [3.63, 3.8) is 0 Å². The predicted octanol–water partition coefficient (Wildman–Crippen LogP) is 3.23. The third-order valence-corrected chi connectivity index (χ3v) is 5.57. The minimum Gasteiger partial charge on any atom is -0.377 e. The van der Waals surface area contributed by atoms with E-state index in [0.717, 1.165) is 32.1 Å². The average Bonchev–Trinajstić information content (AvgIpc) is 3.11. The van der Waals surface area contributed by atoms with Crippen molar-refractivity contribution in [3.05, 3.63) is 22.4 Å². The normalized spacial score (nSPS) is 29.2. The molecule has 3 atom stereocenters. The largest absolute Gasteiger partial charge is 0.377 e. The Kier molecular flexibility index (Phi) is 6.13. The van der Waals surface area contributed by atoms with Crippen LogP contribution < -0.4 is 10.6 Å². The summed E-state index contributed by atoms with van der Waals surface area (Å²) >= 11 is 1.75. The van der Waals surface area contributed by atoms with E-state index in [1.165, 1.54) is 4.88 Å². The minimum absolute atomic E-state index is 0. The molecule has 2 N–H and O–H groups in total. The van der Waals surface area contributed by atoms with Gasteiger partial charge >= 0.3 is 0 Å². The standard InChI is InChI=1S/C16H25N3OS.HI/c1-4-17-15(18-10-11-6-5-9-21-11)19-13-12-7-8-20-14(12)16(13,2)3;/h5-6,9,12-14H,4,7-8,10H2,1-3H3,(H2,17,18,19);1H. The molecule has 22 heavy (non-hydrogen) atoms. The van der Waals surface area contributed by atoms with E-state index < -0.39 is 0 Å². The molecule has 124 valence electrons. The van der Waals surface area contributed by atoms with E-state index in [4.69, 9.17) is 9.73 Å². The van der Waals surface area contributed by atoms with E-state index >= 15 is 0 Å². The van der Waals surface area contributed by atoms with Gasteiger partial charge in [0.15, 0.2) is 5.96 Å². The number of hydrogen-bond donors (Lipinski definition) is 2. The Morgan fingerprint density at radius 1 is 1.50 bits per heavy atom. The van der Waals surface area contributed by atoms with E-state index in [9.17, 15) is 0 Å². The highest BCUT2D eigenvalue weighted by Crippen LogP contribution is 2.52. The van der Waals surface area contributed by atoms with Gasteiger partial charge in [0.05, 0.1) is 12.6 Å². The zero-order valence-corrected chi connectivity index (χ0v) is 16.6. The molecule has 0 amide bonds. The fraction of sp³-hybridized carbons (Fsp3) is 0.688. The molecule has 1 aliphatic carbocycles. The van der Waals surface area contributed by atoms with Crippen LogP contribution in [0.15, 0.2) is 22.5 Å². The smallest absolute Gasteiger partial charge is 0.191 e. The quantitative estimate of drug-likeness (QED) is 0.434. The third-order valence-electron chi connectivity index (χ3n) is 4.71. The Hall–Kier alpha value is -0.340. The van der Waals surface area contributed by atoms with Gasteiger partial charge in [0, 0.05) is 35.4 Å². The van der Waals surface area contributed by atoms with Crippen molar-refractivity contribution in [2.75, 3.05) is 13.2 Å². The number of guanidine groups is 1. The van der Waals surface area contributed by atoms with Gasteiger partial charge in [0.25, 0.3) is 0 Å². The molecule has 6 heteroatoms. The van der Waals surface area contributed by atoms with Gasteiger partial charge in [0.1, 0.15) is 0 Å². The maximum Gasteiger partial charge on any atom is 0.191 e. The van der Waals surface area contributed by atoms with Crippen LogP contribution in [0, 0.1) is 11.3 Å². The van der Waals surface area contributed by atoms with Gasteiger partial charge in [-0.2, -0.15) is 0 Å². The summed E-state index contributed by atoms with van der Waals surface area (Å²) in [5, 5.41) is 9.10.